The minimum absolute atomic E-state index is 0.216. The molecule has 2 aliphatic carbocycles. The fourth-order valence-electron chi connectivity index (χ4n) is 12.3. The lowest BCUT2D eigenvalue weighted by Gasteiger charge is -2.36. The van der Waals surface area contributed by atoms with Crippen LogP contribution < -0.4 is 21.3 Å². The minimum Gasteiger partial charge on any atom is -0.465 e. The van der Waals surface area contributed by atoms with E-state index in [1.807, 2.05) is 88.4 Å². The molecule has 0 aromatic heterocycles. The fraction of sp³-hybridized carbons (Fsp3) is 0.552. The van der Waals surface area contributed by atoms with Gasteiger partial charge in [0.25, 0.3) is 0 Å². The summed E-state index contributed by atoms with van der Waals surface area (Å²) in [6.07, 6.45) is 0.337. The second-order valence-corrected chi connectivity index (χ2v) is 26.9. The van der Waals surface area contributed by atoms with Gasteiger partial charge in [-0.3, -0.25) is 19.2 Å². The van der Waals surface area contributed by atoms with Crippen LogP contribution in [0.3, 0.4) is 0 Å². The van der Waals surface area contributed by atoms with E-state index in [-0.39, 0.29) is 69.8 Å². The van der Waals surface area contributed by atoms with Crippen LogP contribution in [-0.2, 0) is 54.7 Å². The summed E-state index contributed by atoms with van der Waals surface area (Å²) in [4.78, 5) is 88.0. The molecule has 6 aliphatic rings. The number of likely N-dealkylation sites (N-methyl/N-ethyl adjacent to an activating group) is 2. The number of hydrogen-bond donors (Lipinski definition) is 6. The van der Waals surface area contributed by atoms with Crippen molar-refractivity contribution in [1.82, 2.24) is 40.9 Å². The Balaban J connectivity index is 0.837. The number of thiocarbonyl (C=S) groups is 2. The van der Waals surface area contributed by atoms with Gasteiger partial charge in [0.1, 0.15) is 24.2 Å². The number of ether oxygens (including phenoxy) is 2. The number of rotatable bonds is 16. The van der Waals surface area contributed by atoms with Crippen molar-refractivity contribution in [2.24, 2.45) is 10.8 Å². The molecule has 22 heteroatoms. The predicted molar refractivity (Wildman–Crippen MR) is 315 cm³/mol. The largest absolute Gasteiger partial charge is 0.465 e. The minimum atomic E-state index is -1.13. The normalized spacial score (nSPS) is 27.9. The van der Waals surface area contributed by atoms with Gasteiger partial charge in [0.15, 0.2) is 0 Å². The molecule has 6 N–H and O–H groups in total. The number of thioether (sulfide) groups is 2. The van der Waals surface area contributed by atoms with Crippen LogP contribution in [0.2, 0.25) is 0 Å². The van der Waals surface area contributed by atoms with Crippen molar-refractivity contribution in [2.45, 2.75) is 165 Å². The number of benzene rings is 3. The highest BCUT2D eigenvalue weighted by atomic mass is 32.2. The van der Waals surface area contributed by atoms with E-state index in [9.17, 15) is 39.0 Å². The average Bonchev–Trinajstić information content (AvgIpc) is 4.11. The molecule has 4 fully saturated rings. The van der Waals surface area contributed by atoms with Crippen LogP contribution in [0.4, 0.5) is 9.59 Å². The van der Waals surface area contributed by atoms with Crippen LogP contribution >= 0.6 is 48.0 Å². The maximum Gasteiger partial charge on any atom is 0.407 e. The lowest BCUT2D eigenvalue weighted by molar-refractivity contribution is -0.143. The number of carbonyl (C=O) groups excluding carboxylic acids is 4. The Morgan fingerprint density at radius 1 is 0.625 bits per heavy atom. The summed E-state index contributed by atoms with van der Waals surface area (Å²) >= 11 is 14.5. The third kappa shape index (κ3) is 12.2. The van der Waals surface area contributed by atoms with Gasteiger partial charge in [0.05, 0.1) is 70.3 Å². The van der Waals surface area contributed by atoms with E-state index in [1.54, 1.807) is 47.2 Å². The van der Waals surface area contributed by atoms with E-state index < -0.39 is 71.4 Å². The molecule has 18 nitrogen and oxygen atoms in total. The number of fused-ring (bicyclic) bond motifs is 4. The quantitative estimate of drug-likeness (QED) is 0.0793. The molecular weight excluding hydrogens is 1100 g/mol. The van der Waals surface area contributed by atoms with Crippen molar-refractivity contribution in [3.8, 4) is 0 Å². The molecule has 9 rings (SSSR count). The molecule has 430 valence electrons. The van der Waals surface area contributed by atoms with Crippen molar-refractivity contribution in [2.75, 3.05) is 25.6 Å². The van der Waals surface area contributed by atoms with Gasteiger partial charge in [0, 0.05) is 26.9 Å². The van der Waals surface area contributed by atoms with E-state index in [2.05, 4.69) is 33.4 Å². The molecular formula is C58H74N8O10S4. The van der Waals surface area contributed by atoms with Gasteiger partial charge in [-0.05, 0) is 95.2 Å². The predicted octanol–water partition coefficient (Wildman–Crippen LogP) is 7.03. The maximum absolute atomic E-state index is 14.8. The first-order chi connectivity index (χ1) is 37.9. The van der Waals surface area contributed by atoms with Gasteiger partial charge in [-0.15, -0.1) is 23.5 Å². The molecule has 4 saturated heterocycles. The van der Waals surface area contributed by atoms with Gasteiger partial charge >= 0.3 is 12.2 Å². The Labute approximate surface area is 487 Å². The topological polar surface area (TPSA) is 222 Å². The molecule has 0 spiro atoms. The van der Waals surface area contributed by atoms with Crippen molar-refractivity contribution < 1.29 is 48.5 Å². The summed E-state index contributed by atoms with van der Waals surface area (Å²) in [5.74, 6) is 0.348. The number of nitrogens with zero attached hydrogens (tertiary/aromatic N) is 4. The number of carboxylic acid groups (broad SMARTS) is 2. The van der Waals surface area contributed by atoms with Gasteiger partial charge in [-0.1, -0.05) is 125 Å². The molecule has 2 unspecified atom stereocenters. The SMILES string of the molecule is CC(C(=S)N[C@H]1CCS[C@H]2CC(C)(C)[C@@H](C(=O)N[C@H]3c4ccccc4C[C@H]3OCc3ccc(CO[C@@H]4Cc5ccccc5[C@@H]4NC(=O)[C@H]4N5C(=O)[C@@H](NC(=S)C(C)N(C)C(=O)O)CCS[C@H]5CC4(C)C)cc3)N2C1=O)N(C)C(=O)O. The second kappa shape index (κ2) is 24.1. The fourth-order valence-corrected chi connectivity index (χ4v) is 16.1. The molecule has 0 radical (unpaired) electrons. The lowest BCUT2D eigenvalue weighted by atomic mass is 9.83. The van der Waals surface area contributed by atoms with Crippen molar-refractivity contribution >= 4 is 93.8 Å². The Kier molecular flexibility index (Phi) is 17.8. The zero-order valence-electron chi connectivity index (χ0n) is 46.5. The average molecular weight is 1170 g/mol. The highest BCUT2D eigenvalue weighted by Crippen LogP contribution is 2.49. The zero-order valence-corrected chi connectivity index (χ0v) is 49.8. The molecule has 4 heterocycles. The standard InChI is InChI=1S/C58H74N8O10S4/c1-31(63(7)55(71)72)51(77)59-39-21-23-79-43-27-57(3,4)47(65(43)53(39)69)49(67)61-45-37-15-11-9-13-35(37)25-41(45)75-29-33-17-19-34(20-18-33)30-76-42-26-36-14-10-12-16-38(36)46(42)62-50(68)48-58(5,6)28-44-66(48)54(70)40(22-24-80-44)60-52(78)32(2)64(8)56(73)74/h9-20,31-32,39-48H,21-30H2,1-8H3,(H,59,77)(H,60,78)(H,61,67)(H,62,68)(H,71,72)(H,73,74)/t31?,32?,39-,40-,41+,42+,43-,44-,45-,46-,47+,48+/m0/s1. The van der Waals surface area contributed by atoms with Gasteiger partial charge in [-0.2, -0.15) is 0 Å². The molecule has 3 aromatic rings. The monoisotopic (exact) mass is 1170 g/mol. The number of amides is 6. The second-order valence-electron chi connectivity index (χ2n) is 23.5. The smallest absolute Gasteiger partial charge is 0.407 e. The Morgan fingerprint density at radius 3 is 1.35 bits per heavy atom. The maximum atomic E-state index is 14.8. The van der Waals surface area contributed by atoms with Crippen LogP contribution in [0.25, 0.3) is 0 Å². The van der Waals surface area contributed by atoms with E-state index in [0.29, 0.717) is 50.0 Å². The Hall–Kier alpha value is -5.52. The van der Waals surface area contributed by atoms with Gasteiger partial charge in [-0.25, -0.2) is 9.59 Å². The molecule has 0 bridgehead atoms. The first kappa shape index (κ1) is 59.1. The van der Waals surface area contributed by atoms with Crippen LogP contribution in [0.1, 0.15) is 113 Å². The Bertz CT molecular complexity index is 2700. The van der Waals surface area contributed by atoms with Crippen molar-refractivity contribution in [1.29, 1.82) is 0 Å². The molecule has 6 amide bonds. The summed E-state index contributed by atoms with van der Waals surface area (Å²) in [6, 6.07) is 18.8. The molecule has 80 heavy (non-hydrogen) atoms. The number of carbonyl (C=O) groups is 6. The van der Waals surface area contributed by atoms with Crippen LogP contribution in [0.15, 0.2) is 72.8 Å². The van der Waals surface area contributed by atoms with Crippen LogP contribution in [0.5, 0.6) is 0 Å². The number of hydrogen-bond acceptors (Lipinski definition) is 12. The van der Waals surface area contributed by atoms with E-state index in [4.69, 9.17) is 33.9 Å². The van der Waals surface area contributed by atoms with Gasteiger partial charge < -0.3 is 60.6 Å². The summed E-state index contributed by atoms with van der Waals surface area (Å²) < 4.78 is 13.4. The highest BCUT2D eigenvalue weighted by molar-refractivity contribution is 8.00. The van der Waals surface area contributed by atoms with Gasteiger partial charge in [0.2, 0.25) is 23.6 Å². The third-order valence-corrected chi connectivity index (χ3v) is 20.6. The summed E-state index contributed by atoms with van der Waals surface area (Å²) in [5.41, 5.74) is 4.85. The van der Waals surface area contributed by atoms with Crippen molar-refractivity contribution in [3.63, 3.8) is 0 Å². The van der Waals surface area contributed by atoms with Crippen molar-refractivity contribution in [3.05, 3.63) is 106 Å². The molecule has 3 aromatic carbocycles. The first-order valence-electron chi connectivity index (χ1n) is 27.4. The Morgan fingerprint density at radius 2 is 0.988 bits per heavy atom. The van der Waals surface area contributed by atoms with Crippen LogP contribution in [-0.4, -0.2) is 160 Å². The summed E-state index contributed by atoms with van der Waals surface area (Å²) in [6.45, 7) is 12.0. The lowest BCUT2D eigenvalue weighted by Crippen LogP contribution is -2.58. The first-order valence-corrected chi connectivity index (χ1v) is 30.3. The zero-order chi connectivity index (χ0) is 57.5. The molecule has 12 atom stereocenters. The van der Waals surface area contributed by atoms with Crippen LogP contribution in [0, 0.1) is 10.8 Å². The summed E-state index contributed by atoms with van der Waals surface area (Å²) in [5, 5.41) is 31.7. The van der Waals surface area contributed by atoms with E-state index >= 15 is 0 Å². The molecule has 4 aliphatic heterocycles. The van der Waals surface area contributed by atoms with E-state index in [0.717, 1.165) is 43.2 Å². The third-order valence-electron chi connectivity index (χ3n) is 17.2. The number of nitrogens with one attached hydrogen (secondary N) is 4. The molecule has 0 saturated carbocycles. The van der Waals surface area contributed by atoms with E-state index in [1.165, 1.54) is 14.1 Å². The highest BCUT2D eigenvalue weighted by Gasteiger charge is 2.57. The summed E-state index contributed by atoms with van der Waals surface area (Å²) in [7, 11) is 2.87.